The lowest BCUT2D eigenvalue weighted by atomic mass is 10.1. The van der Waals surface area contributed by atoms with Gasteiger partial charge < -0.3 is 10.2 Å². The van der Waals surface area contributed by atoms with Crippen LogP contribution in [0.15, 0.2) is 42.6 Å². The van der Waals surface area contributed by atoms with E-state index in [2.05, 4.69) is 35.4 Å². The molecule has 1 amide bonds. The van der Waals surface area contributed by atoms with E-state index in [0.29, 0.717) is 25.2 Å². The van der Waals surface area contributed by atoms with Crippen molar-refractivity contribution in [3.63, 3.8) is 0 Å². The van der Waals surface area contributed by atoms with E-state index >= 15 is 0 Å². The molecule has 0 aliphatic carbocycles. The third-order valence-corrected chi connectivity index (χ3v) is 6.56. The van der Waals surface area contributed by atoms with Gasteiger partial charge in [0, 0.05) is 19.1 Å². The van der Waals surface area contributed by atoms with Crippen molar-refractivity contribution in [2.75, 3.05) is 23.4 Å². The highest BCUT2D eigenvalue weighted by molar-refractivity contribution is 7.91. The van der Waals surface area contributed by atoms with Crippen LogP contribution in [0.2, 0.25) is 0 Å². The zero-order valence-corrected chi connectivity index (χ0v) is 16.5. The number of carbonyl (C=O) groups is 1. The van der Waals surface area contributed by atoms with Gasteiger partial charge in [-0.15, -0.1) is 0 Å². The fraction of sp³-hybridized carbons (Fsp3) is 0.400. The first-order valence-corrected chi connectivity index (χ1v) is 11.0. The fourth-order valence-electron chi connectivity index (χ4n) is 3.39. The fourth-order valence-corrected chi connectivity index (χ4v) is 5.12. The molecule has 1 fully saturated rings. The summed E-state index contributed by atoms with van der Waals surface area (Å²) in [6.45, 7) is 5.06. The number of aryl methyl sites for hydroxylation is 1. The van der Waals surface area contributed by atoms with Crippen LogP contribution < -0.4 is 5.32 Å². The van der Waals surface area contributed by atoms with Gasteiger partial charge in [0.1, 0.15) is 5.69 Å². The molecule has 1 saturated heterocycles. The van der Waals surface area contributed by atoms with Crippen LogP contribution in [0, 0.1) is 6.92 Å². The number of nitrogens with zero attached hydrogens (tertiary/aromatic N) is 2. The predicted octanol–water partition coefficient (Wildman–Crippen LogP) is 2.65. The van der Waals surface area contributed by atoms with Gasteiger partial charge in [-0.2, -0.15) is 0 Å². The summed E-state index contributed by atoms with van der Waals surface area (Å²) < 4.78 is 23.4. The summed E-state index contributed by atoms with van der Waals surface area (Å²) in [6, 6.07) is 11.5. The van der Waals surface area contributed by atoms with Gasteiger partial charge in [0.2, 0.25) is 0 Å². The Kier molecular flexibility index (Phi) is 5.79. The Morgan fingerprint density at radius 3 is 2.70 bits per heavy atom. The summed E-state index contributed by atoms with van der Waals surface area (Å²) in [7, 11) is -3.03. The van der Waals surface area contributed by atoms with Crippen LogP contribution in [0.25, 0.3) is 0 Å². The zero-order chi connectivity index (χ0) is 19.4. The number of nitrogens with one attached hydrogen (secondary N) is 1. The Labute approximate surface area is 160 Å². The van der Waals surface area contributed by atoms with Crippen molar-refractivity contribution in [3.05, 3.63) is 59.4 Å². The van der Waals surface area contributed by atoms with Gasteiger partial charge in [-0.1, -0.05) is 29.8 Å². The number of anilines is 1. The molecule has 0 saturated carbocycles. The van der Waals surface area contributed by atoms with Crippen molar-refractivity contribution in [2.45, 2.75) is 32.9 Å². The van der Waals surface area contributed by atoms with E-state index < -0.39 is 9.84 Å². The summed E-state index contributed by atoms with van der Waals surface area (Å²) in [5.74, 6) is -0.0239. The first-order valence-electron chi connectivity index (χ1n) is 9.15. The minimum absolute atomic E-state index is 0.0444. The molecule has 2 aromatic rings. The standard InChI is InChI=1S/C20H25N3O3S/c1-3-23(18-9-10-27(25,26)14-18)20(24)19-8-7-17(13-22-19)21-12-16-6-4-5-15(2)11-16/h4-8,11,13,18,21H,3,9-10,12,14H2,1-2H3. The van der Waals surface area contributed by atoms with Crippen molar-refractivity contribution in [2.24, 2.45) is 0 Å². The highest BCUT2D eigenvalue weighted by Crippen LogP contribution is 2.20. The molecular formula is C20H25N3O3S. The minimum Gasteiger partial charge on any atom is -0.380 e. The molecule has 27 heavy (non-hydrogen) atoms. The molecule has 1 aromatic carbocycles. The first kappa shape index (κ1) is 19.4. The number of hydrogen-bond donors (Lipinski definition) is 1. The molecule has 2 heterocycles. The number of carbonyl (C=O) groups excluding carboxylic acids is 1. The Bertz CT molecular complexity index is 910. The van der Waals surface area contributed by atoms with E-state index in [4.69, 9.17) is 0 Å². The van der Waals surface area contributed by atoms with Crippen molar-refractivity contribution in [1.29, 1.82) is 0 Å². The molecule has 0 radical (unpaired) electrons. The van der Waals surface area contributed by atoms with Crippen LogP contribution in [-0.4, -0.2) is 48.3 Å². The SMILES string of the molecule is CCN(C(=O)c1ccc(NCc2cccc(C)c2)cn1)C1CCS(=O)(=O)C1. The Morgan fingerprint density at radius 2 is 2.11 bits per heavy atom. The van der Waals surface area contributed by atoms with E-state index in [9.17, 15) is 13.2 Å². The van der Waals surface area contributed by atoms with Crippen molar-refractivity contribution in [1.82, 2.24) is 9.88 Å². The van der Waals surface area contributed by atoms with E-state index in [1.807, 2.05) is 19.1 Å². The van der Waals surface area contributed by atoms with Gasteiger partial charge in [0.05, 0.1) is 23.4 Å². The van der Waals surface area contributed by atoms with Gasteiger partial charge in [-0.3, -0.25) is 4.79 Å². The summed E-state index contributed by atoms with van der Waals surface area (Å²) in [5, 5.41) is 3.30. The molecule has 3 rings (SSSR count). The molecule has 1 atom stereocenters. The zero-order valence-electron chi connectivity index (χ0n) is 15.7. The van der Waals surface area contributed by atoms with Gasteiger partial charge in [-0.25, -0.2) is 13.4 Å². The maximum absolute atomic E-state index is 12.8. The second kappa shape index (κ2) is 8.08. The van der Waals surface area contributed by atoms with Gasteiger partial charge in [0.15, 0.2) is 9.84 Å². The quantitative estimate of drug-likeness (QED) is 0.824. The summed E-state index contributed by atoms with van der Waals surface area (Å²) in [6.07, 6.45) is 2.14. The molecule has 1 N–H and O–H groups in total. The molecule has 1 aromatic heterocycles. The van der Waals surface area contributed by atoms with Crippen LogP contribution in [0.1, 0.15) is 35.0 Å². The van der Waals surface area contributed by atoms with Gasteiger partial charge in [-0.05, 0) is 38.0 Å². The summed E-state index contributed by atoms with van der Waals surface area (Å²) in [4.78, 5) is 18.6. The average molecular weight is 388 g/mol. The smallest absolute Gasteiger partial charge is 0.272 e. The lowest BCUT2D eigenvalue weighted by Crippen LogP contribution is -2.41. The predicted molar refractivity (Wildman–Crippen MR) is 107 cm³/mol. The second-order valence-electron chi connectivity index (χ2n) is 6.92. The Balaban J connectivity index is 1.64. The molecule has 1 aliphatic heterocycles. The highest BCUT2D eigenvalue weighted by Gasteiger charge is 2.34. The Morgan fingerprint density at radius 1 is 1.30 bits per heavy atom. The third kappa shape index (κ3) is 4.86. The molecule has 0 spiro atoms. The number of amides is 1. The number of rotatable bonds is 6. The molecule has 1 aliphatic rings. The molecule has 0 bridgehead atoms. The van der Waals surface area contributed by atoms with Crippen molar-refractivity contribution in [3.8, 4) is 0 Å². The van der Waals surface area contributed by atoms with Gasteiger partial charge in [0.25, 0.3) is 5.91 Å². The van der Waals surface area contributed by atoms with E-state index in [1.165, 1.54) is 11.1 Å². The maximum atomic E-state index is 12.8. The van der Waals surface area contributed by atoms with Crippen molar-refractivity contribution < 1.29 is 13.2 Å². The largest absolute Gasteiger partial charge is 0.380 e. The van der Waals surface area contributed by atoms with E-state index in [1.54, 1.807) is 17.2 Å². The second-order valence-corrected chi connectivity index (χ2v) is 9.15. The van der Waals surface area contributed by atoms with Crippen LogP contribution in [0.3, 0.4) is 0 Å². The van der Waals surface area contributed by atoms with Gasteiger partial charge >= 0.3 is 0 Å². The summed E-state index contributed by atoms with van der Waals surface area (Å²) in [5.41, 5.74) is 3.55. The van der Waals surface area contributed by atoms with Crippen molar-refractivity contribution >= 4 is 21.4 Å². The van der Waals surface area contributed by atoms with E-state index in [0.717, 1.165) is 5.69 Å². The van der Waals surface area contributed by atoms with Crippen LogP contribution in [0.4, 0.5) is 5.69 Å². The Hall–Kier alpha value is -2.41. The molecule has 144 valence electrons. The highest BCUT2D eigenvalue weighted by atomic mass is 32.2. The van der Waals surface area contributed by atoms with Crippen LogP contribution in [0.5, 0.6) is 0 Å². The number of benzene rings is 1. The normalized spacial score (nSPS) is 18.2. The molecular weight excluding hydrogens is 362 g/mol. The molecule has 6 nitrogen and oxygen atoms in total. The van der Waals surface area contributed by atoms with E-state index in [-0.39, 0.29) is 23.5 Å². The number of hydrogen-bond acceptors (Lipinski definition) is 5. The third-order valence-electron chi connectivity index (χ3n) is 4.81. The lowest BCUT2D eigenvalue weighted by molar-refractivity contribution is 0.0702. The minimum atomic E-state index is -3.03. The number of pyridine rings is 1. The monoisotopic (exact) mass is 387 g/mol. The van der Waals surface area contributed by atoms with Crippen LogP contribution in [-0.2, 0) is 16.4 Å². The number of sulfone groups is 1. The lowest BCUT2D eigenvalue weighted by Gasteiger charge is -2.26. The molecule has 1 unspecified atom stereocenters. The number of aromatic nitrogens is 1. The van der Waals surface area contributed by atoms with Crippen LogP contribution >= 0.6 is 0 Å². The maximum Gasteiger partial charge on any atom is 0.272 e. The average Bonchev–Trinajstić information content (AvgIpc) is 3.00. The topological polar surface area (TPSA) is 79.4 Å². The molecule has 7 heteroatoms. The summed E-state index contributed by atoms with van der Waals surface area (Å²) >= 11 is 0. The first-order chi connectivity index (χ1) is 12.9.